The van der Waals surface area contributed by atoms with Gasteiger partial charge in [0.15, 0.2) is 5.78 Å². The molecule has 0 spiro atoms. The number of benzene rings is 3. The quantitative estimate of drug-likeness (QED) is 0.421. The van der Waals surface area contributed by atoms with Gasteiger partial charge in [-0.15, -0.1) is 0 Å². The fraction of sp³-hybridized carbons (Fsp3) is 0.136. The van der Waals surface area contributed by atoms with Gasteiger partial charge in [0.05, 0.1) is 13.2 Å². The summed E-state index contributed by atoms with van der Waals surface area (Å²) in [6.07, 6.45) is 0.330. The number of rotatable bonds is 7. The maximum atomic E-state index is 12.8. The van der Waals surface area contributed by atoms with Crippen molar-refractivity contribution >= 4 is 39.0 Å². The number of hydrogen-bond acceptors (Lipinski definition) is 3. The van der Waals surface area contributed by atoms with Crippen LogP contribution < -0.4 is 10.1 Å². The lowest BCUT2D eigenvalue weighted by Gasteiger charge is -2.20. The Balaban J connectivity index is 1.84. The van der Waals surface area contributed by atoms with E-state index in [0.717, 1.165) is 21.5 Å². The average molecular weight is 445 g/mol. The molecule has 0 fully saturated rings. The van der Waals surface area contributed by atoms with Crippen molar-refractivity contribution in [2.24, 2.45) is 0 Å². The Hall–Kier alpha value is -2.30. The van der Waals surface area contributed by atoms with Gasteiger partial charge in [-0.05, 0) is 54.1 Å². The summed E-state index contributed by atoms with van der Waals surface area (Å²) in [5, 5.41) is 4.12. The predicted molar refractivity (Wildman–Crippen MR) is 114 cm³/mol. The molecule has 0 amide bonds. The van der Waals surface area contributed by atoms with Crippen LogP contribution in [-0.2, 0) is 0 Å². The molecule has 0 aliphatic heterocycles. The molecule has 0 radical (unpaired) electrons. The SMILES string of the molecule is COc1ccc(C(CC(=O)c2ccc(Br)cc2)Nc2ccc(Cl)cc2)cc1. The van der Waals surface area contributed by atoms with Gasteiger partial charge in [0.1, 0.15) is 5.75 Å². The number of hydrogen-bond donors (Lipinski definition) is 1. The first-order chi connectivity index (χ1) is 13.0. The van der Waals surface area contributed by atoms with Gasteiger partial charge in [0, 0.05) is 27.2 Å². The number of Topliss-reactive ketones (excluding diaryl/α,β-unsaturated/α-hetero) is 1. The minimum Gasteiger partial charge on any atom is -0.497 e. The fourth-order valence-corrected chi connectivity index (χ4v) is 3.17. The number of methoxy groups -OCH3 is 1. The van der Waals surface area contributed by atoms with E-state index in [4.69, 9.17) is 16.3 Å². The molecule has 1 unspecified atom stereocenters. The number of halogens is 2. The van der Waals surface area contributed by atoms with Crippen molar-refractivity contribution in [3.63, 3.8) is 0 Å². The zero-order valence-electron chi connectivity index (χ0n) is 14.8. The van der Waals surface area contributed by atoms with Crippen LogP contribution in [0, 0.1) is 0 Å². The number of nitrogens with one attached hydrogen (secondary N) is 1. The molecule has 0 saturated heterocycles. The molecule has 1 atom stereocenters. The van der Waals surface area contributed by atoms with Gasteiger partial charge in [-0.25, -0.2) is 0 Å². The van der Waals surface area contributed by atoms with Crippen molar-refractivity contribution in [2.45, 2.75) is 12.5 Å². The molecule has 0 bridgehead atoms. The van der Waals surface area contributed by atoms with E-state index in [1.165, 1.54) is 0 Å². The van der Waals surface area contributed by atoms with Crippen LogP contribution in [0.5, 0.6) is 5.75 Å². The molecule has 0 aromatic heterocycles. The molecule has 0 aliphatic rings. The van der Waals surface area contributed by atoms with E-state index in [9.17, 15) is 4.79 Å². The lowest BCUT2D eigenvalue weighted by Crippen LogP contribution is -2.16. The molecule has 3 rings (SSSR count). The van der Waals surface area contributed by atoms with Crippen LogP contribution in [0.2, 0.25) is 5.02 Å². The summed E-state index contributed by atoms with van der Waals surface area (Å²) in [5.74, 6) is 0.855. The number of carbonyl (C=O) groups excluding carboxylic acids is 1. The van der Waals surface area contributed by atoms with E-state index in [2.05, 4.69) is 21.2 Å². The summed E-state index contributed by atoms with van der Waals surface area (Å²) in [6, 6.07) is 22.5. The second-order valence-electron chi connectivity index (χ2n) is 6.11. The first kappa shape index (κ1) is 19.5. The molecule has 0 saturated carbocycles. The molecule has 3 nitrogen and oxygen atoms in total. The van der Waals surface area contributed by atoms with E-state index >= 15 is 0 Å². The molecule has 0 heterocycles. The monoisotopic (exact) mass is 443 g/mol. The number of ketones is 1. The first-order valence-corrected chi connectivity index (χ1v) is 9.67. The normalized spacial score (nSPS) is 11.7. The van der Waals surface area contributed by atoms with Gasteiger partial charge in [0.2, 0.25) is 0 Å². The van der Waals surface area contributed by atoms with E-state index in [0.29, 0.717) is 17.0 Å². The van der Waals surface area contributed by atoms with Gasteiger partial charge in [-0.2, -0.15) is 0 Å². The molecule has 3 aromatic carbocycles. The highest BCUT2D eigenvalue weighted by Crippen LogP contribution is 2.27. The van der Waals surface area contributed by atoms with E-state index in [1.54, 1.807) is 7.11 Å². The highest BCUT2D eigenvalue weighted by Gasteiger charge is 2.17. The van der Waals surface area contributed by atoms with Crippen LogP contribution in [-0.4, -0.2) is 12.9 Å². The molecule has 27 heavy (non-hydrogen) atoms. The van der Waals surface area contributed by atoms with Crippen molar-refractivity contribution < 1.29 is 9.53 Å². The van der Waals surface area contributed by atoms with Crippen LogP contribution in [0.15, 0.2) is 77.3 Å². The van der Waals surface area contributed by atoms with Crippen molar-refractivity contribution in [2.75, 3.05) is 12.4 Å². The number of ether oxygens (including phenoxy) is 1. The third-order valence-corrected chi connectivity index (χ3v) is 5.04. The van der Waals surface area contributed by atoms with Gasteiger partial charge in [-0.1, -0.05) is 51.8 Å². The van der Waals surface area contributed by atoms with Gasteiger partial charge >= 0.3 is 0 Å². The summed E-state index contributed by atoms with van der Waals surface area (Å²) in [5.41, 5.74) is 2.61. The standard InChI is InChI=1S/C22H19BrClNO2/c1-27-20-12-4-15(5-13-20)21(25-19-10-8-18(24)9-11-19)14-22(26)16-2-6-17(23)7-3-16/h2-13,21,25H,14H2,1H3. The Morgan fingerprint density at radius 3 is 2.22 bits per heavy atom. The third kappa shape index (κ3) is 5.34. The van der Waals surface area contributed by atoms with Crippen LogP contribution in [0.1, 0.15) is 28.4 Å². The van der Waals surface area contributed by atoms with Crippen LogP contribution in [0.3, 0.4) is 0 Å². The summed E-state index contributed by atoms with van der Waals surface area (Å²) in [4.78, 5) is 12.8. The summed E-state index contributed by atoms with van der Waals surface area (Å²) < 4.78 is 6.18. The molecule has 138 valence electrons. The Bertz CT molecular complexity index is 893. The van der Waals surface area contributed by atoms with Crippen LogP contribution in [0.4, 0.5) is 5.69 Å². The van der Waals surface area contributed by atoms with Crippen molar-refractivity contribution in [1.82, 2.24) is 0 Å². The van der Waals surface area contributed by atoms with Crippen LogP contribution in [0.25, 0.3) is 0 Å². The van der Waals surface area contributed by atoms with Gasteiger partial charge in [0.25, 0.3) is 0 Å². The highest BCUT2D eigenvalue weighted by atomic mass is 79.9. The number of carbonyl (C=O) groups is 1. The molecular weight excluding hydrogens is 426 g/mol. The van der Waals surface area contributed by atoms with E-state index in [1.807, 2.05) is 72.8 Å². The van der Waals surface area contributed by atoms with Crippen molar-refractivity contribution in [3.05, 3.63) is 93.4 Å². The van der Waals surface area contributed by atoms with Crippen molar-refractivity contribution in [3.8, 4) is 5.75 Å². The third-order valence-electron chi connectivity index (χ3n) is 4.26. The van der Waals surface area contributed by atoms with Crippen LogP contribution >= 0.6 is 27.5 Å². The fourth-order valence-electron chi connectivity index (χ4n) is 2.77. The molecule has 0 aliphatic carbocycles. The topological polar surface area (TPSA) is 38.3 Å². The minimum absolute atomic E-state index is 0.0739. The molecule has 5 heteroatoms. The first-order valence-electron chi connectivity index (χ1n) is 8.50. The minimum atomic E-state index is -0.173. The van der Waals surface area contributed by atoms with Gasteiger partial charge < -0.3 is 10.1 Å². The smallest absolute Gasteiger partial charge is 0.165 e. The van der Waals surface area contributed by atoms with E-state index < -0.39 is 0 Å². The molecular formula is C22H19BrClNO2. The second-order valence-corrected chi connectivity index (χ2v) is 7.46. The predicted octanol–water partition coefficient (Wildman–Crippen LogP) is 6.54. The van der Waals surface area contributed by atoms with E-state index in [-0.39, 0.29) is 11.8 Å². The lowest BCUT2D eigenvalue weighted by atomic mass is 9.97. The maximum absolute atomic E-state index is 12.8. The highest BCUT2D eigenvalue weighted by molar-refractivity contribution is 9.10. The Kier molecular flexibility index (Phi) is 6.54. The Morgan fingerprint density at radius 1 is 1.00 bits per heavy atom. The summed E-state index contributed by atoms with van der Waals surface area (Å²) in [7, 11) is 1.63. The average Bonchev–Trinajstić information content (AvgIpc) is 2.69. The maximum Gasteiger partial charge on any atom is 0.165 e. The van der Waals surface area contributed by atoms with Crippen molar-refractivity contribution in [1.29, 1.82) is 0 Å². The van der Waals surface area contributed by atoms with Gasteiger partial charge in [-0.3, -0.25) is 4.79 Å². The lowest BCUT2D eigenvalue weighted by molar-refractivity contribution is 0.0976. The molecule has 1 N–H and O–H groups in total. The zero-order chi connectivity index (χ0) is 19.2. The molecule has 3 aromatic rings. The largest absolute Gasteiger partial charge is 0.497 e. The summed E-state index contributed by atoms with van der Waals surface area (Å²) >= 11 is 9.38. The number of anilines is 1. The zero-order valence-corrected chi connectivity index (χ0v) is 17.1. The summed E-state index contributed by atoms with van der Waals surface area (Å²) in [6.45, 7) is 0. The second kappa shape index (κ2) is 9.07. The Labute approximate surface area is 172 Å². The Morgan fingerprint density at radius 2 is 1.63 bits per heavy atom.